The van der Waals surface area contributed by atoms with E-state index in [0.29, 0.717) is 25.2 Å². The van der Waals surface area contributed by atoms with Gasteiger partial charge in [0.25, 0.3) is 5.91 Å². The maximum atomic E-state index is 12.5. The van der Waals surface area contributed by atoms with Gasteiger partial charge in [-0.25, -0.2) is 0 Å². The molecule has 1 fully saturated rings. The van der Waals surface area contributed by atoms with Crippen LogP contribution >= 0.6 is 0 Å². The molecule has 2 heterocycles. The molecule has 1 aromatic rings. The number of rotatable bonds is 5. The third-order valence-electron chi connectivity index (χ3n) is 3.61. The number of hydrogen-bond donors (Lipinski definition) is 1. The Morgan fingerprint density at radius 3 is 2.77 bits per heavy atom. The molecule has 0 saturated carbocycles. The second kappa shape index (κ2) is 7.02. The number of carbonyl (C=O) groups excluding carboxylic acids is 2. The van der Waals surface area contributed by atoms with Crippen molar-refractivity contribution in [3.05, 3.63) is 30.1 Å². The Morgan fingerprint density at radius 2 is 2.18 bits per heavy atom. The topological polar surface area (TPSA) is 90.8 Å². The van der Waals surface area contributed by atoms with E-state index in [1.807, 2.05) is 6.92 Å². The molecule has 1 aromatic heterocycles. The molecule has 0 radical (unpaired) electrons. The number of hydrogen-bond acceptors (Lipinski definition) is 4. The second-order valence-electron chi connectivity index (χ2n) is 5.18. The molecule has 2 rings (SSSR count). The molecular formula is C15H19N3O4. The number of carboxylic acids is 1. The van der Waals surface area contributed by atoms with Crippen LogP contribution in [0.25, 0.3) is 0 Å². The first-order chi connectivity index (χ1) is 10.5. The van der Waals surface area contributed by atoms with Crippen LogP contribution < -0.4 is 0 Å². The van der Waals surface area contributed by atoms with Crippen LogP contribution in [-0.4, -0.2) is 63.4 Å². The molecule has 7 nitrogen and oxygen atoms in total. The van der Waals surface area contributed by atoms with E-state index >= 15 is 0 Å². The summed E-state index contributed by atoms with van der Waals surface area (Å²) < 4.78 is 0. The zero-order chi connectivity index (χ0) is 16.1. The average molecular weight is 305 g/mol. The van der Waals surface area contributed by atoms with Gasteiger partial charge < -0.3 is 14.9 Å². The van der Waals surface area contributed by atoms with Crippen LogP contribution in [0.5, 0.6) is 0 Å². The smallest absolute Gasteiger partial charge is 0.305 e. The summed E-state index contributed by atoms with van der Waals surface area (Å²) in [5.41, 5.74) is 0.356. The van der Waals surface area contributed by atoms with Crippen molar-refractivity contribution in [3.8, 4) is 0 Å². The third kappa shape index (κ3) is 3.41. The summed E-state index contributed by atoms with van der Waals surface area (Å²) in [5.74, 6) is -1.75. The Labute approximate surface area is 128 Å². The molecular weight excluding hydrogens is 286 g/mol. The van der Waals surface area contributed by atoms with Gasteiger partial charge in [-0.15, -0.1) is 0 Å². The Bertz CT molecular complexity index is 561. The van der Waals surface area contributed by atoms with Gasteiger partial charge >= 0.3 is 5.97 Å². The summed E-state index contributed by atoms with van der Waals surface area (Å²) in [6.07, 6.45) is 3.38. The first-order valence-electron chi connectivity index (χ1n) is 7.26. The summed E-state index contributed by atoms with van der Waals surface area (Å²) in [6.45, 7) is 3.28. The molecule has 0 aliphatic carbocycles. The van der Waals surface area contributed by atoms with Crippen molar-refractivity contribution < 1.29 is 19.5 Å². The van der Waals surface area contributed by atoms with Gasteiger partial charge in [-0.1, -0.05) is 6.92 Å². The number of pyridine rings is 1. The van der Waals surface area contributed by atoms with Crippen molar-refractivity contribution in [2.45, 2.75) is 25.8 Å². The van der Waals surface area contributed by atoms with Crippen LogP contribution in [0.15, 0.2) is 24.5 Å². The Balaban J connectivity index is 2.23. The van der Waals surface area contributed by atoms with Crippen molar-refractivity contribution in [1.82, 2.24) is 14.8 Å². The number of aliphatic carboxylic acids is 1. The lowest BCUT2D eigenvalue weighted by Crippen LogP contribution is -2.59. The lowest BCUT2D eigenvalue weighted by atomic mass is 10.1. The van der Waals surface area contributed by atoms with Crippen LogP contribution in [0, 0.1) is 0 Å². The standard InChI is InChI=1S/C15H19N3O4/c1-2-6-17-7-8-18(12(15(17)22)9-13(19)20)14(21)11-4-3-5-16-10-11/h3-5,10,12H,2,6-9H2,1H3,(H,19,20). The zero-order valence-electron chi connectivity index (χ0n) is 12.4. The van der Waals surface area contributed by atoms with Crippen LogP contribution in [0.4, 0.5) is 0 Å². The van der Waals surface area contributed by atoms with Crippen LogP contribution in [0.1, 0.15) is 30.1 Å². The van der Waals surface area contributed by atoms with Crippen molar-refractivity contribution in [2.24, 2.45) is 0 Å². The highest BCUT2D eigenvalue weighted by Crippen LogP contribution is 2.18. The number of nitrogens with zero attached hydrogens (tertiary/aromatic N) is 3. The van der Waals surface area contributed by atoms with Gasteiger partial charge in [-0.05, 0) is 18.6 Å². The van der Waals surface area contributed by atoms with Gasteiger partial charge in [0.2, 0.25) is 5.91 Å². The van der Waals surface area contributed by atoms with Gasteiger partial charge in [-0.2, -0.15) is 0 Å². The quantitative estimate of drug-likeness (QED) is 0.861. The van der Waals surface area contributed by atoms with Crippen molar-refractivity contribution in [2.75, 3.05) is 19.6 Å². The van der Waals surface area contributed by atoms with Gasteiger partial charge in [-0.3, -0.25) is 19.4 Å². The average Bonchev–Trinajstić information content (AvgIpc) is 2.51. The van der Waals surface area contributed by atoms with Gasteiger partial charge in [0.05, 0.1) is 12.0 Å². The molecule has 0 aromatic carbocycles. The third-order valence-corrected chi connectivity index (χ3v) is 3.61. The number of amides is 2. The lowest BCUT2D eigenvalue weighted by molar-refractivity contribution is -0.147. The molecule has 1 N–H and O–H groups in total. The van der Waals surface area contributed by atoms with Crippen LogP contribution in [-0.2, 0) is 9.59 Å². The van der Waals surface area contributed by atoms with E-state index in [1.54, 1.807) is 23.2 Å². The van der Waals surface area contributed by atoms with E-state index in [4.69, 9.17) is 5.11 Å². The van der Waals surface area contributed by atoms with Crippen molar-refractivity contribution >= 4 is 17.8 Å². The Hall–Kier alpha value is -2.44. The van der Waals surface area contributed by atoms with E-state index < -0.39 is 12.0 Å². The molecule has 1 aliphatic heterocycles. The van der Waals surface area contributed by atoms with E-state index in [0.717, 1.165) is 6.42 Å². The molecule has 0 bridgehead atoms. The Kier molecular flexibility index (Phi) is 5.08. The monoisotopic (exact) mass is 305 g/mol. The predicted molar refractivity (Wildman–Crippen MR) is 78.2 cm³/mol. The first-order valence-corrected chi connectivity index (χ1v) is 7.26. The van der Waals surface area contributed by atoms with Crippen molar-refractivity contribution in [1.29, 1.82) is 0 Å². The highest BCUT2D eigenvalue weighted by atomic mass is 16.4. The highest BCUT2D eigenvalue weighted by Gasteiger charge is 2.38. The number of carboxylic acid groups (broad SMARTS) is 1. The van der Waals surface area contributed by atoms with Crippen LogP contribution in [0.3, 0.4) is 0 Å². The normalized spacial score (nSPS) is 18.4. The minimum absolute atomic E-state index is 0.298. The molecule has 1 atom stereocenters. The largest absolute Gasteiger partial charge is 0.481 e. The summed E-state index contributed by atoms with van der Waals surface area (Å²) in [5, 5.41) is 9.05. The molecule has 1 saturated heterocycles. The fourth-order valence-electron chi connectivity index (χ4n) is 2.59. The van der Waals surface area contributed by atoms with Crippen molar-refractivity contribution in [3.63, 3.8) is 0 Å². The Morgan fingerprint density at radius 1 is 1.41 bits per heavy atom. The molecule has 22 heavy (non-hydrogen) atoms. The fourth-order valence-corrected chi connectivity index (χ4v) is 2.59. The van der Waals surface area contributed by atoms with E-state index in [-0.39, 0.29) is 18.2 Å². The lowest BCUT2D eigenvalue weighted by Gasteiger charge is -2.40. The first kappa shape index (κ1) is 15.9. The molecule has 0 spiro atoms. The predicted octanol–water partition coefficient (Wildman–Crippen LogP) is 0.619. The SMILES string of the molecule is CCCN1CCN(C(=O)c2cccnc2)C(CC(=O)O)C1=O. The molecule has 7 heteroatoms. The number of piperazine rings is 1. The van der Waals surface area contributed by atoms with Gasteiger partial charge in [0.1, 0.15) is 6.04 Å². The number of carbonyl (C=O) groups is 3. The minimum atomic E-state index is -1.10. The van der Waals surface area contributed by atoms with E-state index in [1.165, 1.54) is 11.1 Å². The van der Waals surface area contributed by atoms with E-state index in [9.17, 15) is 14.4 Å². The second-order valence-corrected chi connectivity index (χ2v) is 5.18. The molecule has 1 unspecified atom stereocenters. The molecule has 118 valence electrons. The maximum absolute atomic E-state index is 12.5. The van der Waals surface area contributed by atoms with E-state index in [2.05, 4.69) is 4.98 Å². The summed E-state index contributed by atoms with van der Waals surface area (Å²) >= 11 is 0. The van der Waals surface area contributed by atoms with Crippen LogP contribution in [0.2, 0.25) is 0 Å². The summed E-state index contributed by atoms with van der Waals surface area (Å²) in [6, 6.07) is 2.29. The zero-order valence-corrected chi connectivity index (χ0v) is 12.4. The minimum Gasteiger partial charge on any atom is -0.481 e. The summed E-state index contributed by atoms with van der Waals surface area (Å²) in [4.78, 5) is 42.9. The van der Waals surface area contributed by atoms with Gasteiger partial charge in [0.15, 0.2) is 0 Å². The molecule has 2 amide bonds. The maximum Gasteiger partial charge on any atom is 0.305 e. The number of aromatic nitrogens is 1. The highest BCUT2D eigenvalue weighted by molar-refractivity contribution is 5.99. The summed E-state index contributed by atoms with van der Waals surface area (Å²) in [7, 11) is 0. The molecule has 1 aliphatic rings. The fraction of sp³-hybridized carbons (Fsp3) is 0.467. The van der Waals surface area contributed by atoms with Gasteiger partial charge in [0, 0.05) is 32.0 Å².